The lowest BCUT2D eigenvalue weighted by Gasteiger charge is -2.28. The van der Waals surface area contributed by atoms with Gasteiger partial charge in [-0.3, -0.25) is 19.6 Å². The molecule has 2 aliphatic rings. The highest BCUT2D eigenvalue weighted by atomic mass is 16.5. The molecule has 4 amide bonds. The number of unbranched alkanes of at least 4 members (excludes halogenated alkanes) is 3. The van der Waals surface area contributed by atoms with Crippen LogP contribution in [0.3, 0.4) is 0 Å². The van der Waals surface area contributed by atoms with Gasteiger partial charge in [-0.05, 0) is 164 Å². The van der Waals surface area contributed by atoms with Gasteiger partial charge in [0.2, 0.25) is 0 Å². The first-order valence-electron chi connectivity index (χ1n) is 28.5. The number of aryl methyl sites for hydroxylation is 6. The Balaban J connectivity index is 0.000000176. The third-order valence-electron chi connectivity index (χ3n) is 14.7. The van der Waals surface area contributed by atoms with Gasteiger partial charge in [0.15, 0.2) is 12.3 Å². The number of fused-ring (bicyclic) bond motifs is 1. The van der Waals surface area contributed by atoms with Crippen LogP contribution in [0, 0.1) is 20.8 Å². The second-order valence-corrected chi connectivity index (χ2v) is 21.0. The van der Waals surface area contributed by atoms with E-state index in [-0.39, 0.29) is 39.0 Å². The maximum absolute atomic E-state index is 12.6. The molecule has 0 aliphatic carbocycles. The first-order valence-corrected chi connectivity index (χ1v) is 28.5. The standard InChI is InChI=1S/C30H39N.C27H24.C12H22N4O6/c1-4-7-10-25-13-19-28(20-14-25)31(29-21-15-26(16-22-29)11-8-5-2)30-23-17-27(18-24-30)12-9-6-3;1-19-4-10-22(11-5-19)25-16-26(23-12-6-20(2)7-13-23)18-27(17-25)24-14-8-21(3)9-15-24;1-19-5-13-9-10(15(7-21-3)11(13)17)16(8-22-4)12(18)14(9)6-20-2/h13-24H,4-12H2,1-3H3;4-18H,1-3H3;9-10H,5-8H2,1-4H3. The highest BCUT2D eigenvalue weighted by Crippen LogP contribution is 2.38. The lowest BCUT2D eigenvalue weighted by Crippen LogP contribution is -2.48. The number of ether oxygens (including phenoxy) is 4. The molecule has 422 valence electrons. The van der Waals surface area contributed by atoms with Crippen molar-refractivity contribution in [2.24, 2.45) is 0 Å². The molecular weight excluding hydrogens is 995 g/mol. The average Bonchev–Trinajstić information content (AvgIpc) is 4.04. The summed E-state index contributed by atoms with van der Waals surface area (Å²) in [5.41, 5.74) is 19.3. The normalized spacial score (nSPS) is 14.7. The predicted octanol–water partition coefficient (Wildman–Crippen LogP) is 16.3. The maximum atomic E-state index is 12.6. The largest absolute Gasteiger partial charge is 0.364 e. The van der Waals surface area contributed by atoms with Gasteiger partial charge in [0.25, 0.3) is 0 Å². The molecule has 2 fully saturated rings. The molecule has 0 N–H and O–H groups in total. The molecule has 0 aromatic heterocycles. The Labute approximate surface area is 477 Å². The third kappa shape index (κ3) is 15.5. The number of carbonyl (C=O) groups is 2. The number of benzene rings is 7. The van der Waals surface area contributed by atoms with E-state index in [0.717, 1.165) is 19.3 Å². The van der Waals surface area contributed by atoms with Gasteiger partial charge in [0.1, 0.15) is 26.9 Å². The van der Waals surface area contributed by atoms with Gasteiger partial charge in [-0.15, -0.1) is 0 Å². The molecule has 80 heavy (non-hydrogen) atoms. The van der Waals surface area contributed by atoms with Crippen LogP contribution in [0.2, 0.25) is 0 Å². The first kappa shape index (κ1) is 60.4. The number of methoxy groups -OCH3 is 4. The summed E-state index contributed by atoms with van der Waals surface area (Å²) in [5.74, 6) is 0. The molecule has 2 aliphatic heterocycles. The quantitative estimate of drug-likeness (QED) is 0.0631. The van der Waals surface area contributed by atoms with E-state index in [0.29, 0.717) is 0 Å². The van der Waals surface area contributed by atoms with E-state index in [2.05, 4.69) is 210 Å². The van der Waals surface area contributed by atoms with Crippen LogP contribution in [0.4, 0.5) is 26.7 Å². The minimum absolute atomic E-state index is 0.0640. The number of urea groups is 2. The molecule has 7 aromatic carbocycles. The molecule has 0 unspecified atom stereocenters. The summed E-state index contributed by atoms with van der Waals surface area (Å²) >= 11 is 0. The van der Waals surface area contributed by atoms with Crippen LogP contribution < -0.4 is 4.90 Å². The summed E-state index contributed by atoms with van der Waals surface area (Å²) in [4.78, 5) is 33.4. The van der Waals surface area contributed by atoms with Crippen LogP contribution >= 0.6 is 0 Å². The molecule has 11 heteroatoms. The van der Waals surface area contributed by atoms with Gasteiger partial charge in [-0.2, -0.15) is 0 Å². The van der Waals surface area contributed by atoms with Crippen molar-refractivity contribution >= 4 is 29.1 Å². The van der Waals surface area contributed by atoms with Crippen molar-refractivity contribution in [2.45, 2.75) is 112 Å². The number of hydrogen-bond donors (Lipinski definition) is 0. The van der Waals surface area contributed by atoms with Gasteiger partial charge in [0, 0.05) is 45.5 Å². The lowest BCUT2D eigenvalue weighted by atomic mass is 9.92. The summed E-state index contributed by atoms with van der Waals surface area (Å²) in [7, 11) is 5.97. The Hall–Kier alpha value is -7.28. The first-order chi connectivity index (χ1) is 38.9. The number of nitrogens with zero attached hydrogens (tertiary/aromatic N) is 5. The molecule has 0 bridgehead atoms. The van der Waals surface area contributed by atoms with E-state index in [1.165, 1.54) is 170 Å². The minimum atomic E-state index is -0.523. The second-order valence-electron chi connectivity index (χ2n) is 21.0. The van der Waals surface area contributed by atoms with Crippen molar-refractivity contribution in [3.63, 3.8) is 0 Å². The zero-order chi connectivity index (χ0) is 57.0. The Bertz CT molecular complexity index is 2640. The molecule has 0 saturated carbocycles. The zero-order valence-electron chi connectivity index (χ0n) is 49.1. The zero-order valence-corrected chi connectivity index (χ0v) is 49.1. The van der Waals surface area contributed by atoms with Crippen molar-refractivity contribution in [1.29, 1.82) is 0 Å². The van der Waals surface area contributed by atoms with Gasteiger partial charge in [0.05, 0.1) is 0 Å². The minimum Gasteiger partial charge on any atom is -0.364 e. The van der Waals surface area contributed by atoms with Crippen molar-refractivity contribution < 1.29 is 28.5 Å². The number of carbonyl (C=O) groups excluding carboxylic acids is 2. The Kier molecular flexibility index (Phi) is 22.9. The fourth-order valence-electron chi connectivity index (χ4n) is 10.2. The van der Waals surface area contributed by atoms with E-state index in [1.54, 1.807) is 0 Å². The molecule has 2 heterocycles. The number of rotatable bonds is 23. The summed E-state index contributed by atoms with van der Waals surface area (Å²) in [6.07, 6.45) is 9.91. The van der Waals surface area contributed by atoms with E-state index < -0.39 is 12.3 Å². The SMILES string of the molecule is CCCCc1ccc(N(c2ccc(CCCC)cc2)c2ccc(CCCC)cc2)cc1.COCN1C(=O)N(COC)C2C1N(COC)C(=O)N2COC.Cc1ccc(-c2cc(-c3ccc(C)cc3)cc(-c3ccc(C)cc3)c2)cc1. The Morgan fingerprint density at radius 3 is 0.800 bits per heavy atom. The van der Waals surface area contributed by atoms with Gasteiger partial charge < -0.3 is 23.8 Å². The van der Waals surface area contributed by atoms with Gasteiger partial charge in [-0.25, -0.2) is 9.59 Å². The fourth-order valence-corrected chi connectivity index (χ4v) is 10.2. The highest BCUT2D eigenvalue weighted by molar-refractivity contribution is 5.85. The summed E-state index contributed by atoms with van der Waals surface area (Å²) in [6.45, 7) is 13.4. The number of anilines is 3. The topological polar surface area (TPSA) is 87.3 Å². The fraction of sp³-hybridized carbons (Fsp3) is 0.362. The molecule has 0 spiro atoms. The molecule has 2 saturated heterocycles. The van der Waals surface area contributed by atoms with Crippen LogP contribution in [0.1, 0.15) is 92.7 Å². The number of amides is 4. The van der Waals surface area contributed by atoms with E-state index >= 15 is 0 Å². The van der Waals surface area contributed by atoms with Gasteiger partial charge >= 0.3 is 12.1 Å². The summed E-state index contributed by atoms with van der Waals surface area (Å²) in [5, 5.41) is 0. The van der Waals surface area contributed by atoms with E-state index in [4.69, 9.17) is 18.9 Å². The lowest BCUT2D eigenvalue weighted by molar-refractivity contribution is -0.0135. The molecule has 0 radical (unpaired) electrons. The van der Waals surface area contributed by atoms with Crippen LogP contribution in [-0.2, 0) is 38.2 Å². The average molecular weight is 1080 g/mol. The monoisotopic (exact) mass is 1080 g/mol. The molecule has 0 atom stereocenters. The van der Waals surface area contributed by atoms with Crippen LogP contribution in [-0.4, -0.2) is 99.4 Å². The molecule has 9 rings (SSSR count). The van der Waals surface area contributed by atoms with E-state index in [9.17, 15) is 9.59 Å². The third-order valence-corrected chi connectivity index (χ3v) is 14.7. The Morgan fingerprint density at radius 1 is 0.350 bits per heavy atom. The summed E-state index contributed by atoms with van der Waals surface area (Å²) < 4.78 is 20.4. The molecule has 11 nitrogen and oxygen atoms in total. The van der Waals surface area contributed by atoms with Crippen molar-refractivity contribution in [2.75, 3.05) is 60.3 Å². The van der Waals surface area contributed by atoms with Crippen LogP contribution in [0.25, 0.3) is 33.4 Å². The predicted molar refractivity (Wildman–Crippen MR) is 327 cm³/mol. The Morgan fingerprint density at radius 2 is 0.588 bits per heavy atom. The maximum Gasteiger partial charge on any atom is 0.327 e. The molecule has 7 aromatic rings. The van der Waals surface area contributed by atoms with Crippen LogP contribution in [0.15, 0.2) is 164 Å². The number of hydrogen-bond acceptors (Lipinski definition) is 7. The summed E-state index contributed by atoms with van der Waals surface area (Å²) in [6, 6.07) is 60.1. The van der Waals surface area contributed by atoms with Crippen LogP contribution in [0.5, 0.6) is 0 Å². The van der Waals surface area contributed by atoms with Crippen molar-refractivity contribution in [1.82, 2.24) is 19.6 Å². The second kappa shape index (κ2) is 30.3. The smallest absolute Gasteiger partial charge is 0.327 e. The molecular formula is C69H85N5O6. The van der Waals surface area contributed by atoms with Crippen molar-refractivity contribution in [3.05, 3.63) is 197 Å². The van der Waals surface area contributed by atoms with Crippen molar-refractivity contribution in [3.8, 4) is 33.4 Å². The highest BCUT2D eigenvalue weighted by Gasteiger charge is 2.59. The van der Waals surface area contributed by atoms with Gasteiger partial charge in [-0.1, -0.05) is 166 Å². The van der Waals surface area contributed by atoms with E-state index in [1.807, 2.05) is 0 Å².